The quantitative estimate of drug-likeness (QED) is 0.635. The van der Waals surface area contributed by atoms with Crippen molar-refractivity contribution in [2.45, 2.75) is 6.18 Å². The Morgan fingerprint density at radius 1 is 1.00 bits per heavy atom. The summed E-state index contributed by atoms with van der Waals surface area (Å²) in [6.45, 7) is 0. The molecule has 116 valence electrons. The molecule has 1 aromatic heterocycles. The van der Waals surface area contributed by atoms with E-state index in [4.69, 9.17) is 0 Å². The molecule has 0 saturated heterocycles. The molecule has 1 aliphatic rings. The molecular formula is C16H10F3N3O. The van der Waals surface area contributed by atoms with Gasteiger partial charge in [0.15, 0.2) is 0 Å². The third kappa shape index (κ3) is 1.79. The fourth-order valence-electron chi connectivity index (χ4n) is 2.94. The van der Waals surface area contributed by atoms with E-state index < -0.39 is 12.0 Å². The third-order valence-corrected chi connectivity index (χ3v) is 3.95. The molecule has 0 N–H and O–H groups in total. The number of carbonyl (C=O) groups excluding carboxylic acids is 1. The van der Waals surface area contributed by atoms with E-state index in [9.17, 15) is 18.0 Å². The van der Waals surface area contributed by atoms with Crippen LogP contribution in [0.2, 0.25) is 0 Å². The molecule has 0 bridgehead atoms. The van der Waals surface area contributed by atoms with Gasteiger partial charge in [0.25, 0.3) is 5.91 Å². The Morgan fingerprint density at radius 3 is 2.43 bits per heavy atom. The maximum absolute atomic E-state index is 13.5. The van der Waals surface area contributed by atoms with Gasteiger partial charge >= 0.3 is 6.18 Å². The lowest BCUT2D eigenvalue weighted by Crippen LogP contribution is -2.25. The van der Waals surface area contributed by atoms with Crippen molar-refractivity contribution in [3.63, 3.8) is 0 Å². The number of benzene rings is 2. The number of rotatable bonds is 0. The Balaban J connectivity index is 2.25. The van der Waals surface area contributed by atoms with E-state index in [2.05, 4.69) is 4.98 Å². The summed E-state index contributed by atoms with van der Waals surface area (Å²) < 4.78 is 41.4. The summed E-state index contributed by atoms with van der Waals surface area (Å²) in [5.41, 5.74) is 1.26. The van der Waals surface area contributed by atoms with E-state index in [0.29, 0.717) is 5.69 Å². The molecule has 4 nitrogen and oxygen atoms in total. The Kier molecular flexibility index (Phi) is 2.61. The summed E-state index contributed by atoms with van der Waals surface area (Å²) >= 11 is 0. The lowest BCUT2D eigenvalue weighted by atomic mass is 10.1. The number of halogens is 3. The average Bonchev–Trinajstić information content (AvgIpc) is 2.89. The van der Waals surface area contributed by atoms with Gasteiger partial charge in [-0.1, -0.05) is 18.2 Å². The Bertz CT molecular complexity index is 959. The monoisotopic (exact) mass is 317 g/mol. The minimum absolute atomic E-state index is 0.184. The molecule has 0 unspecified atom stereocenters. The van der Waals surface area contributed by atoms with Crippen LogP contribution in [0.3, 0.4) is 0 Å². The first kappa shape index (κ1) is 13.8. The zero-order valence-electron chi connectivity index (χ0n) is 11.9. The maximum Gasteiger partial charge on any atom is 0.450 e. The summed E-state index contributed by atoms with van der Waals surface area (Å²) in [5.74, 6) is -1.39. The van der Waals surface area contributed by atoms with E-state index in [0.717, 1.165) is 4.57 Å². The fourth-order valence-corrected chi connectivity index (χ4v) is 2.94. The molecule has 2 aromatic carbocycles. The number of nitrogens with zero attached hydrogens (tertiary/aromatic N) is 3. The van der Waals surface area contributed by atoms with Crippen LogP contribution in [0.4, 0.5) is 18.9 Å². The number of fused-ring (bicyclic) bond motifs is 2. The zero-order chi connectivity index (χ0) is 16.4. The molecule has 23 heavy (non-hydrogen) atoms. The first-order chi connectivity index (χ1) is 10.9. The van der Waals surface area contributed by atoms with Crippen molar-refractivity contribution in [3.8, 4) is 5.69 Å². The second kappa shape index (κ2) is 4.34. The summed E-state index contributed by atoms with van der Waals surface area (Å²) in [6.07, 6.45) is -4.63. The van der Waals surface area contributed by atoms with Crippen molar-refractivity contribution < 1.29 is 18.0 Å². The number of anilines is 1. The van der Waals surface area contributed by atoms with E-state index in [1.807, 2.05) is 0 Å². The van der Waals surface area contributed by atoms with Crippen LogP contribution in [0.1, 0.15) is 16.2 Å². The van der Waals surface area contributed by atoms with Gasteiger partial charge in [-0.25, -0.2) is 4.98 Å². The van der Waals surface area contributed by atoms with Gasteiger partial charge in [-0.05, 0) is 24.3 Å². The number of hydrogen-bond acceptors (Lipinski definition) is 2. The fraction of sp³-hybridized carbons (Fsp3) is 0.125. The van der Waals surface area contributed by atoms with Gasteiger partial charge in [0.05, 0.1) is 28.0 Å². The topological polar surface area (TPSA) is 38.1 Å². The van der Waals surface area contributed by atoms with Crippen LogP contribution in [0.15, 0.2) is 42.5 Å². The highest BCUT2D eigenvalue weighted by Crippen LogP contribution is 2.40. The lowest BCUT2D eigenvalue weighted by molar-refractivity contribution is -0.145. The molecule has 7 heteroatoms. The molecule has 0 saturated carbocycles. The Labute approximate surface area is 128 Å². The summed E-state index contributed by atoms with van der Waals surface area (Å²) in [5, 5.41) is 0. The summed E-state index contributed by atoms with van der Waals surface area (Å²) in [6, 6.07) is 11.0. The van der Waals surface area contributed by atoms with Gasteiger partial charge in [-0.3, -0.25) is 9.36 Å². The van der Waals surface area contributed by atoms with E-state index in [-0.39, 0.29) is 28.2 Å². The van der Waals surface area contributed by atoms with Gasteiger partial charge in [0.2, 0.25) is 5.82 Å². The first-order valence-electron chi connectivity index (χ1n) is 6.85. The van der Waals surface area contributed by atoms with Crippen molar-refractivity contribution >= 4 is 22.6 Å². The second-order valence-corrected chi connectivity index (χ2v) is 5.29. The van der Waals surface area contributed by atoms with Crippen LogP contribution in [0.25, 0.3) is 16.7 Å². The molecule has 0 fully saturated rings. The van der Waals surface area contributed by atoms with Crippen molar-refractivity contribution in [3.05, 3.63) is 53.9 Å². The maximum atomic E-state index is 13.5. The zero-order valence-corrected chi connectivity index (χ0v) is 11.9. The Hall–Kier alpha value is -2.83. The minimum Gasteiger partial charge on any atom is -0.309 e. The van der Waals surface area contributed by atoms with Crippen molar-refractivity contribution in [1.29, 1.82) is 0 Å². The number of imidazole rings is 1. The largest absolute Gasteiger partial charge is 0.450 e. The number of alkyl halides is 3. The van der Waals surface area contributed by atoms with Crippen LogP contribution in [-0.2, 0) is 6.18 Å². The highest BCUT2D eigenvalue weighted by molar-refractivity contribution is 6.13. The van der Waals surface area contributed by atoms with Gasteiger partial charge < -0.3 is 4.90 Å². The van der Waals surface area contributed by atoms with Gasteiger partial charge in [-0.2, -0.15) is 13.2 Å². The molecule has 1 amide bonds. The van der Waals surface area contributed by atoms with Gasteiger partial charge in [-0.15, -0.1) is 0 Å². The predicted octanol–water partition coefficient (Wildman–Crippen LogP) is 3.63. The molecular weight excluding hydrogens is 307 g/mol. The summed E-state index contributed by atoms with van der Waals surface area (Å²) in [7, 11) is 1.55. The second-order valence-electron chi connectivity index (χ2n) is 5.29. The van der Waals surface area contributed by atoms with Crippen LogP contribution in [-0.4, -0.2) is 22.5 Å². The first-order valence-corrected chi connectivity index (χ1v) is 6.85. The highest BCUT2D eigenvalue weighted by atomic mass is 19.4. The van der Waals surface area contributed by atoms with Crippen LogP contribution in [0.5, 0.6) is 0 Å². The van der Waals surface area contributed by atoms with Crippen molar-refractivity contribution in [2.24, 2.45) is 0 Å². The van der Waals surface area contributed by atoms with E-state index in [1.54, 1.807) is 31.3 Å². The molecule has 0 aliphatic carbocycles. The standard InChI is InChI=1S/C16H10F3N3O/c1-21-12-8-4-6-10-13(12)22(15(20-10)16(17,18)19)11-7-3-2-5-9(11)14(21)23/h2-8H,1H3. The number of para-hydroxylation sites is 2. The molecule has 0 spiro atoms. The average molecular weight is 317 g/mol. The normalized spacial score (nSPS) is 14.1. The number of hydrogen-bond donors (Lipinski definition) is 0. The number of carbonyl (C=O) groups is 1. The number of aromatic nitrogens is 2. The van der Waals surface area contributed by atoms with E-state index >= 15 is 0 Å². The predicted molar refractivity (Wildman–Crippen MR) is 78.8 cm³/mol. The van der Waals surface area contributed by atoms with Crippen LogP contribution in [0, 0.1) is 0 Å². The van der Waals surface area contributed by atoms with Crippen molar-refractivity contribution in [2.75, 3.05) is 11.9 Å². The van der Waals surface area contributed by atoms with E-state index in [1.165, 1.54) is 23.1 Å². The van der Waals surface area contributed by atoms with Crippen LogP contribution >= 0.6 is 0 Å². The lowest BCUT2D eigenvalue weighted by Gasteiger charge is -2.15. The van der Waals surface area contributed by atoms with Gasteiger partial charge in [0.1, 0.15) is 0 Å². The highest BCUT2D eigenvalue weighted by Gasteiger charge is 2.40. The molecule has 1 aliphatic heterocycles. The van der Waals surface area contributed by atoms with Gasteiger partial charge in [0, 0.05) is 7.05 Å². The minimum atomic E-state index is -4.63. The third-order valence-electron chi connectivity index (χ3n) is 3.95. The van der Waals surface area contributed by atoms with Crippen LogP contribution < -0.4 is 4.90 Å². The molecule has 4 rings (SSSR count). The summed E-state index contributed by atoms with van der Waals surface area (Å²) in [4.78, 5) is 17.7. The molecule has 2 heterocycles. The molecule has 3 aromatic rings. The SMILES string of the molecule is CN1C(=O)c2ccccc2-n2c(C(F)(F)F)nc3cccc1c32. The van der Waals surface area contributed by atoms with Crippen molar-refractivity contribution in [1.82, 2.24) is 9.55 Å². The Morgan fingerprint density at radius 2 is 1.70 bits per heavy atom. The number of amides is 1. The molecule has 0 atom stereocenters. The molecule has 0 radical (unpaired) electrons. The smallest absolute Gasteiger partial charge is 0.309 e.